The molecule has 0 bridgehead atoms. The van der Waals surface area contributed by atoms with E-state index < -0.39 is 0 Å². The summed E-state index contributed by atoms with van der Waals surface area (Å²) in [7, 11) is 0. The lowest BCUT2D eigenvalue weighted by atomic mass is 10.1. The molecular formula is C11H12ClN. The second kappa shape index (κ2) is 4.79. The van der Waals surface area contributed by atoms with Gasteiger partial charge in [-0.3, -0.25) is 0 Å². The van der Waals surface area contributed by atoms with Crippen LogP contribution in [0.3, 0.4) is 0 Å². The molecule has 0 atom stereocenters. The molecule has 0 radical (unpaired) electrons. The number of alkyl halides is 1. The fourth-order valence-electron chi connectivity index (χ4n) is 1.03. The van der Waals surface area contributed by atoms with Crippen LogP contribution in [0.5, 0.6) is 0 Å². The van der Waals surface area contributed by atoms with Gasteiger partial charge in [-0.25, -0.2) is 0 Å². The van der Waals surface area contributed by atoms with Gasteiger partial charge in [0.1, 0.15) is 0 Å². The maximum absolute atomic E-state index is 5.61. The zero-order valence-corrected chi connectivity index (χ0v) is 8.36. The van der Waals surface area contributed by atoms with Crippen LogP contribution in [0.15, 0.2) is 18.2 Å². The largest absolute Gasteiger partial charge is 0.399 e. The van der Waals surface area contributed by atoms with Crippen molar-refractivity contribution in [1.82, 2.24) is 0 Å². The summed E-state index contributed by atoms with van der Waals surface area (Å²) in [4.78, 5) is 0. The molecule has 13 heavy (non-hydrogen) atoms. The van der Waals surface area contributed by atoms with Gasteiger partial charge in [-0.1, -0.05) is 11.8 Å². The number of benzene rings is 1. The summed E-state index contributed by atoms with van der Waals surface area (Å²) in [5.74, 6) is 6.62. The fraction of sp³-hybridized carbons (Fsp3) is 0.273. The number of hydrogen-bond donors (Lipinski definition) is 1. The van der Waals surface area contributed by atoms with E-state index in [9.17, 15) is 0 Å². The second-order valence-electron chi connectivity index (χ2n) is 2.82. The Kier molecular flexibility index (Phi) is 3.67. The van der Waals surface area contributed by atoms with Crippen LogP contribution in [0.2, 0.25) is 0 Å². The lowest BCUT2D eigenvalue weighted by Crippen LogP contribution is -1.88. The predicted molar refractivity (Wildman–Crippen MR) is 57.8 cm³/mol. The van der Waals surface area contributed by atoms with E-state index in [1.54, 1.807) is 0 Å². The van der Waals surface area contributed by atoms with Crippen molar-refractivity contribution in [2.75, 3.05) is 11.6 Å². The maximum Gasteiger partial charge on any atom is 0.0333 e. The first-order valence-corrected chi connectivity index (χ1v) is 4.68. The van der Waals surface area contributed by atoms with Crippen molar-refractivity contribution < 1.29 is 0 Å². The Labute approximate surface area is 83.9 Å². The number of hydrogen-bond acceptors (Lipinski definition) is 1. The van der Waals surface area contributed by atoms with Crippen molar-refractivity contribution in [2.45, 2.75) is 13.3 Å². The topological polar surface area (TPSA) is 26.0 Å². The van der Waals surface area contributed by atoms with Crippen molar-refractivity contribution in [3.63, 3.8) is 0 Å². The number of anilines is 1. The Hall–Kier alpha value is -1.13. The van der Waals surface area contributed by atoms with Crippen LogP contribution in [0.1, 0.15) is 17.5 Å². The summed E-state index contributed by atoms with van der Waals surface area (Å²) in [5.41, 5.74) is 8.53. The van der Waals surface area contributed by atoms with Gasteiger partial charge in [-0.2, -0.15) is 0 Å². The van der Waals surface area contributed by atoms with Crippen LogP contribution in [0.4, 0.5) is 5.69 Å². The molecule has 0 fully saturated rings. The number of rotatable bonds is 1. The van der Waals surface area contributed by atoms with Crippen LogP contribution in [-0.4, -0.2) is 5.88 Å². The summed E-state index contributed by atoms with van der Waals surface area (Å²) >= 11 is 5.51. The first kappa shape index (κ1) is 9.95. The lowest BCUT2D eigenvalue weighted by Gasteiger charge is -1.98. The van der Waals surface area contributed by atoms with E-state index in [4.69, 9.17) is 17.3 Å². The van der Waals surface area contributed by atoms with Gasteiger partial charge in [0.15, 0.2) is 0 Å². The van der Waals surface area contributed by atoms with Gasteiger partial charge in [0.05, 0.1) is 0 Å². The van der Waals surface area contributed by atoms with E-state index >= 15 is 0 Å². The van der Waals surface area contributed by atoms with Crippen molar-refractivity contribution in [1.29, 1.82) is 0 Å². The van der Waals surface area contributed by atoms with Crippen LogP contribution in [-0.2, 0) is 0 Å². The molecule has 1 nitrogen and oxygen atoms in total. The number of nitrogens with two attached hydrogens (primary N) is 1. The van der Waals surface area contributed by atoms with Gasteiger partial charge in [-0.15, -0.1) is 11.6 Å². The average Bonchev–Trinajstić information content (AvgIpc) is 2.09. The molecule has 2 heteroatoms. The molecule has 0 aliphatic rings. The van der Waals surface area contributed by atoms with Gasteiger partial charge in [0.2, 0.25) is 0 Å². The first-order valence-electron chi connectivity index (χ1n) is 4.15. The molecule has 0 spiro atoms. The third-order valence-electron chi connectivity index (χ3n) is 1.69. The molecular weight excluding hydrogens is 182 g/mol. The molecule has 1 rings (SSSR count). The Balaban J connectivity index is 2.85. The lowest BCUT2D eigenvalue weighted by molar-refractivity contribution is 1.29. The molecule has 0 aromatic heterocycles. The highest BCUT2D eigenvalue weighted by Gasteiger charge is 1.93. The monoisotopic (exact) mass is 193 g/mol. The molecule has 1 aromatic carbocycles. The van der Waals surface area contributed by atoms with Crippen LogP contribution >= 0.6 is 11.6 Å². The average molecular weight is 194 g/mol. The Morgan fingerprint density at radius 1 is 1.46 bits per heavy atom. The SMILES string of the molecule is Cc1cc(N)ccc1C#CCCCl. The molecule has 0 saturated heterocycles. The molecule has 0 aliphatic heterocycles. The molecule has 2 N–H and O–H groups in total. The highest BCUT2D eigenvalue weighted by Crippen LogP contribution is 2.10. The van der Waals surface area contributed by atoms with Crippen LogP contribution in [0.25, 0.3) is 0 Å². The Morgan fingerprint density at radius 2 is 2.23 bits per heavy atom. The second-order valence-corrected chi connectivity index (χ2v) is 3.19. The van der Waals surface area contributed by atoms with Gasteiger partial charge in [0.25, 0.3) is 0 Å². The van der Waals surface area contributed by atoms with Gasteiger partial charge < -0.3 is 5.73 Å². The van der Waals surface area contributed by atoms with Crippen LogP contribution in [0, 0.1) is 18.8 Å². The van der Waals surface area contributed by atoms with E-state index in [1.165, 1.54) is 0 Å². The summed E-state index contributed by atoms with van der Waals surface area (Å²) in [6.45, 7) is 2.00. The fourth-order valence-corrected chi connectivity index (χ4v) is 1.13. The quantitative estimate of drug-likeness (QED) is 0.414. The molecule has 0 amide bonds. The molecule has 0 aliphatic carbocycles. The van der Waals surface area contributed by atoms with Crippen molar-refractivity contribution in [2.24, 2.45) is 0 Å². The van der Waals surface area contributed by atoms with Crippen molar-refractivity contribution in [3.05, 3.63) is 29.3 Å². The molecule has 1 aromatic rings. The zero-order valence-electron chi connectivity index (χ0n) is 7.60. The molecule has 0 saturated carbocycles. The van der Waals surface area contributed by atoms with Gasteiger partial charge in [-0.05, 0) is 30.7 Å². The zero-order chi connectivity index (χ0) is 9.68. The minimum Gasteiger partial charge on any atom is -0.399 e. The predicted octanol–water partition coefficient (Wildman–Crippen LogP) is 2.56. The molecule has 0 heterocycles. The van der Waals surface area contributed by atoms with E-state index in [-0.39, 0.29) is 0 Å². The van der Waals surface area contributed by atoms with Crippen LogP contribution < -0.4 is 5.73 Å². The summed E-state index contributed by atoms with van der Waals surface area (Å²) in [6.07, 6.45) is 0.728. The van der Waals surface area contributed by atoms with Crippen molar-refractivity contribution >= 4 is 17.3 Å². The molecule has 0 unspecified atom stereocenters. The van der Waals surface area contributed by atoms with E-state index in [2.05, 4.69) is 11.8 Å². The van der Waals surface area contributed by atoms with Gasteiger partial charge >= 0.3 is 0 Å². The minimum absolute atomic E-state index is 0.584. The van der Waals surface area contributed by atoms with E-state index in [1.807, 2.05) is 25.1 Å². The van der Waals surface area contributed by atoms with E-state index in [0.717, 1.165) is 23.2 Å². The number of halogens is 1. The molecule has 68 valence electrons. The Bertz CT molecular complexity index is 347. The minimum atomic E-state index is 0.584. The Morgan fingerprint density at radius 3 is 2.85 bits per heavy atom. The van der Waals surface area contributed by atoms with E-state index in [0.29, 0.717) is 5.88 Å². The standard InChI is InChI=1S/C11H12ClN/c1-9-8-11(13)6-5-10(9)4-2-3-7-12/h5-6,8H,3,7,13H2,1H3. The third kappa shape index (κ3) is 3.01. The highest BCUT2D eigenvalue weighted by atomic mass is 35.5. The number of aryl methyl sites for hydroxylation is 1. The van der Waals surface area contributed by atoms with Crippen molar-refractivity contribution in [3.8, 4) is 11.8 Å². The highest BCUT2D eigenvalue weighted by molar-refractivity contribution is 6.18. The third-order valence-corrected chi connectivity index (χ3v) is 1.88. The first-order chi connectivity index (χ1) is 6.24. The summed E-state index contributed by atoms with van der Waals surface area (Å²) < 4.78 is 0. The summed E-state index contributed by atoms with van der Waals surface area (Å²) in [5, 5.41) is 0. The number of nitrogen functional groups attached to an aromatic ring is 1. The smallest absolute Gasteiger partial charge is 0.0333 e. The van der Waals surface area contributed by atoms with Gasteiger partial charge in [0, 0.05) is 23.6 Å². The summed E-state index contributed by atoms with van der Waals surface area (Å²) in [6, 6.07) is 5.72. The maximum atomic E-state index is 5.61. The normalized spacial score (nSPS) is 9.08.